The fourth-order valence-corrected chi connectivity index (χ4v) is 2.91. The fraction of sp³-hybridized carbons (Fsp3) is 0.412. The van der Waals surface area contributed by atoms with Gasteiger partial charge in [0, 0.05) is 24.7 Å². The molecule has 0 atom stereocenters. The van der Waals surface area contributed by atoms with Gasteiger partial charge in [-0.15, -0.1) is 0 Å². The van der Waals surface area contributed by atoms with E-state index in [1.165, 1.54) is 35.2 Å². The summed E-state index contributed by atoms with van der Waals surface area (Å²) >= 11 is 0. The lowest BCUT2D eigenvalue weighted by Gasteiger charge is -2.19. The summed E-state index contributed by atoms with van der Waals surface area (Å²) in [7, 11) is 1.95. The van der Waals surface area contributed by atoms with Gasteiger partial charge >= 0.3 is 0 Å². The average molecular weight is 267 g/mol. The van der Waals surface area contributed by atoms with Crippen LogP contribution < -0.4 is 5.32 Å². The topological polar surface area (TPSA) is 37.8 Å². The number of nitrogens with zero attached hydrogens (tertiary/aromatic N) is 2. The number of benzene rings is 1. The molecule has 0 amide bonds. The summed E-state index contributed by atoms with van der Waals surface area (Å²) in [5.74, 6) is 1.96. The van der Waals surface area contributed by atoms with E-state index in [4.69, 9.17) is 9.97 Å². The summed E-state index contributed by atoms with van der Waals surface area (Å²) in [5, 5.41) is 3.24. The lowest BCUT2D eigenvalue weighted by molar-refractivity contribution is 0.657. The molecule has 0 radical (unpaired) electrons. The molecule has 20 heavy (non-hydrogen) atoms. The van der Waals surface area contributed by atoms with Gasteiger partial charge in [0.2, 0.25) is 0 Å². The van der Waals surface area contributed by atoms with Crippen LogP contribution in [0.4, 0.5) is 5.82 Å². The maximum Gasteiger partial charge on any atom is 0.135 e. The highest BCUT2D eigenvalue weighted by Crippen LogP contribution is 2.26. The van der Waals surface area contributed by atoms with Crippen LogP contribution in [0, 0.1) is 6.92 Å². The van der Waals surface area contributed by atoms with Crippen LogP contribution in [0.3, 0.4) is 0 Å². The number of nitrogens with one attached hydrogen (secondary N) is 1. The summed E-state index contributed by atoms with van der Waals surface area (Å²) in [6.45, 7) is 2.15. The lowest BCUT2D eigenvalue weighted by Crippen LogP contribution is -2.13. The minimum absolute atomic E-state index is 0.814. The molecule has 1 aromatic carbocycles. The summed E-state index contributed by atoms with van der Waals surface area (Å²) in [6, 6.07) is 8.47. The van der Waals surface area contributed by atoms with Gasteiger partial charge in [0.1, 0.15) is 11.6 Å². The van der Waals surface area contributed by atoms with Crippen molar-refractivity contribution < 1.29 is 0 Å². The lowest BCUT2D eigenvalue weighted by atomic mass is 9.96. The second-order valence-electron chi connectivity index (χ2n) is 5.47. The predicted molar refractivity (Wildman–Crippen MR) is 82.2 cm³/mol. The molecule has 0 unspecified atom stereocenters. The van der Waals surface area contributed by atoms with Crippen molar-refractivity contribution in [3.8, 4) is 0 Å². The van der Waals surface area contributed by atoms with Crippen molar-refractivity contribution in [1.82, 2.24) is 9.97 Å². The number of anilines is 1. The molecule has 3 rings (SSSR count). The average Bonchev–Trinajstić information content (AvgIpc) is 2.49. The maximum absolute atomic E-state index is 4.81. The highest BCUT2D eigenvalue weighted by molar-refractivity contribution is 5.47. The minimum Gasteiger partial charge on any atom is -0.373 e. The molecule has 0 fully saturated rings. The molecule has 0 bridgehead atoms. The highest BCUT2D eigenvalue weighted by atomic mass is 15.0. The Hall–Kier alpha value is -1.90. The molecule has 1 aliphatic carbocycles. The van der Waals surface area contributed by atoms with Crippen molar-refractivity contribution >= 4 is 5.82 Å². The monoisotopic (exact) mass is 267 g/mol. The van der Waals surface area contributed by atoms with E-state index in [1.54, 1.807) is 0 Å². The Balaban J connectivity index is 1.96. The molecule has 0 saturated carbocycles. The summed E-state index contributed by atoms with van der Waals surface area (Å²) in [6.07, 6.45) is 5.51. The zero-order valence-corrected chi connectivity index (χ0v) is 12.2. The Bertz CT molecular complexity index is 602. The van der Waals surface area contributed by atoms with E-state index in [1.807, 2.05) is 7.05 Å². The van der Waals surface area contributed by atoms with Crippen LogP contribution in [0.1, 0.15) is 41.1 Å². The minimum atomic E-state index is 0.814. The second kappa shape index (κ2) is 5.61. The summed E-state index contributed by atoms with van der Waals surface area (Å²) in [4.78, 5) is 9.53. The molecule has 1 aromatic heterocycles. The van der Waals surface area contributed by atoms with Gasteiger partial charge in [0.05, 0.1) is 0 Å². The maximum atomic E-state index is 4.81. The molecule has 1 aliphatic rings. The number of aromatic nitrogens is 2. The van der Waals surface area contributed by atoms with Crippen molar-refractivity contribution in [3.63, 3.8) is 0 Å². The Morgan fingerprint density at radius 2 is 1.90 bits per heavy atom. The fourth-order valence-electron chi connectivity index (χ4n) is 2.91. The molecule has 2 aromatic rings. The first kappa shape index (κ1) is 13.1. The van der Waals surface area contributed by atoms with Crippen LogP contribution in [-0.2, 0) is 19.3 Å². The molecule has 3 heteroatoms. The first-order valence-electron chi connectivity index (χ1n) is 7.39. The third-order valence-corrected chi connectivity index (χ3v) is 4.08. The molecule has 1 heterocycles. The second-order valence-corrected chi connectivity index (χ2v) is 5.47. The van der Waals surface area contributed by atoms with Crippen LogP contribution in [0.5, 0.6) is 0 Å². The van der Waals surface area contributed by atoms with E-state index >= 15 is 0 Å². The van der Waals surface area contributed by atoms with Crippen LogP contribution in [0.2, 0.25) is 0 Å². The van der Waals surface area contributed by atoms with E-state index < -0.39 is 0 Å². The third kappa shape index (κ3) is 2.53. The zero-order valence-electron chi connectivity index (χ0n) is 12.2. The van der Waals surface area contributed by atoms with Crippen molar-refractivity contribution in [2.45, 2.75) is 39.0 Å². The van der Waals surface area contributed by atoms with Gasteiger partial charge < -0.3 is 5.32 Å². The predicted octanol–water partition coefficient (Wildman–Crippen LogP) is 3.30. The molecule has 0 spiro atoms. The molecule has 104 valence electrons. The van der Waals surface area contributed by atoms with Crippen molar-refractivity contribution in [2.75, 3.05) is 12.4 Å². The number of hydrogen-bond acceptors (Lipinski definition) is 3. The SMILES string of the molecule is CNc1nc(Cc2ccccc2C)nc2c1CCCC2. The number of hydrogen-bond donors (Lipinski definition) is 1. The molecular formula is C17H21N3. The highest BCUT2D eigenvalue weighted by Gasteiger charge is 2.17. The quantitative estimate of drug-likeness (QED) is 0.927. The van der Waals surface area contributed by atoms with Gasteiger partial charge in [0.25, 0.3) is 0 Å². The third-order valence-electron chi connectivity index (χ3n) is 4.08. The molecular weight excluding hydrogens is 246 g/mol. The van der Waals surface area contributed by atoms with Crippen LogP contribution in [0.15, 0.2) is 24.3 Å². The van der Waals surface area contributed by atoms with Gasteiger partial charge in [0.15, 0.2) is 0 Å². The zero-order chi connectivity index (χ0) is 13.9. The summed E-state index contributed by atoms with van der Waals surface area (Å²) < 4.78 is 0. The van der Waals surface area contributed by atoms with Crippen LogP contribution >= 0.6 is 0 Å². The normalized spacial score (nSPS) is 13.9. The number of fused-ring (bicyclic) bond motifs is 1. The van der Waals surface area contributed by atoms with Gasteiger partial charge in [-0.05, 0) is 43.7 Å². The Morgan fingerprint density at radius 3 is 2.70 bits per heavy atom. The Labute approximate surface area is 120 Å². The van der Waals surface area contributed by atoms with E-state index in [0.29, 0.717) is 0 Å². The Morgan fingerprint density at radius 1 is 1.10 bits per heavy atom. The number of rotatable bonds is 3. The van der Waals surface area contributed by atoms with Gasteiger partial charge in [-0.25, -0.2) is 9.97 Å². The van der Waals surface area contributed by atoms with Crippen LogP contribution in [-0.4, -0.2) is 17.0 Å². The molecule has 0 aliphatic heterocycles. The van der Waals surface area contributed by atoms with E-state index in [2.05, 4.69) is 36.5 Å². The molecule has 3 nitrogen and oxygen atoms in total. The first-order valence-corrected chi connectivity index (χ1v) is 7.39. The van der Waals surface area contributed by atoms with Crippen LogP contribution in [0.25, 0.3) is 0 Å². The molecule has 1 N–H and O–H groups in total. The molecule has 0 saturated heterocycles. The van der Waals surface area contributed by atoms with Gasteiger partial charge in [-0.2, -0.15) is 0 Å². The standard InChI is InChI=1S/C17H21N3/c1-12-7-3-4-8-13(12)11-16-19-15-10-6-5-9-14(15)17(18-2)20-16/h3-4,7-8H,5-6,9-11H2,1-2H3,(H,18,19,20). The van der Waals surface area contributed by atoms with Gasteiger partial charge in [-0.3, -0.25) is 0 Å². The van der Waals surface area contributed by atoms with Crippen molar-refractivity contribution in [2.24, 2.45) is 0 Å². The summed E-state index contributed by atoms with van der Waals surface area (Å²) in [5.41, 5.74) is 5.19. The number of aryl methyl sites for hydroxylation is 2. The Kier molecular flexibility index (Phi) is 3.68. The van der Waals surface area contributed by atoms with Crippen molar-refractivity contribution in [3.05, 3.63) is 52.5 Å². The van der Waals surface area contributed by atoms with E-state index in [-0.39, 0.29) is 0 Å². The van der Waals surface area contributed by atoms with Gasteiger partial charge in [-0.1, -0.05) is 24.3 Å². The van der Waals surface area contributed by atoms with Crippen molar-refractivity contribution in [1.29, 1.82) is 0 Å². The van der Waals surface area contributed by atoms with E-state index in [0.717, 1.165) is 30.9 Å². The van der Waals surface area contributed by atoms with E-state index in [9.17, 15) is 0 Å². The largest absolute Gasteiger partial charge is 0.373 e. The smallest absolute Gasteiger partial charge is 0.135 e. The first-order chi connectivity index (χ1) is 9.78.